The maximum absolute atomic E-state index is 11.4. The first-order valence-electron chi connectivity index (χ1n) is 8.52. The third-order valence-electron chi connectivity index (χ3n) is 3.90. The van der Waals surface area contributed by atoms with Crippen molar-refractivity contribution in [3.05, 3.63) is 59.0 Å². The van der Waals surface area contributed by atoms with Gasteiger partial charge in [-0.2, -0.15) is 4.98 Å². The van der Waals surface area contributed by atoms with Crippen molar-refractivity contribution in [2.45, 2.75) is 13.0 Å². The molecule has 4 N–H and O–H groups in total. The number of fused-ring (bicyclic) bond motifs is 1. The fourth-order valence-corrected chi connectivity index (χ4v) is 2.37. The van der Waals surface area contributed by atoms with Crippen LogP contribution in [0.15, 0.2) is 36.5 Å². The molecule has 0 saturated carbocycles. The van der Waals surface area contributed by atoms with Crippen molar-refractivity contribution in [2.24, 2.45) is 5.73 Å². The van der Waals surface area contributed by atoms with Crippen LogP contribution in [0, 0.1) is 0 Å². The van der Waals surface area contributed by atoms with E-state index in [1.54, 1.807) is 12.1 Å². The Hall–Kier alpha value is -3.99. The first-order chi connectivity index (χ1) is 14.2. The lowest BCUT2D eigenvalue weighted by Gasteiger charge is -2.05. The van der Waals surface area contributed by atoms with Gasteiger partial charge in [0, 0.05) is 12.1 Å². The number of imidazole rings is 1. The molecule has 1 atom stereocenters. The normalized spacial score (nSPS) is 11.2. The van der Waals surface area contributed by atoms with E-state index >= 15 is 0 Å². The zero-order valence-electron chi connectivity index (χ0n) is 16.4. The fourth-order valence-electron chi connectivity index (χ4n) is 2.37. The number of hydrogen-bond donors (Lipinski definition) is 3. The van der Waals surface area contributed by atoms with Crippen LogP contribution in [0.25, 0.3) is 5.78 Å². The van der Waals surface area contributed by atoms with E-state index in [0.29, 0.717) is 5.56 Å². The highest BCUT2D eigenvalue weighted by atomic mass is 16.5. The number of carbonyl (C=O) groups is 3. The second kappa shape index (κ2) is 9.47. The van der Waals surface area contributed by atoms with Gasteiger partial charge in [-0.15, -0.1) is 0 Å². The predicted octanol–water partition coefficient (Wildman–Crippen LogP) is 1.41. The molecule has 3 aromatic rings. The van der Waals surface area contributed by atoms with Gasteiger partial charge in [0.2, 0.25) is 11.7 Å². The van der Waals surface area contributed by atoms with E-state index < -0.39 is 11.9 Å². The molecule has 0 aliphatic rings. The number of hydrogen-bond acceptors (Lipinski definition) is 9. The average Bonchev–Trinajstić information content (AvgIpc) is 3.12. The summed E-state index contributed by atoms with van der Waals surface area (Å²) in [7, 11) is 2.52. The molecule has 0 radical (unpaired) electrons. The molecule has 0 spiro atoms. The van der Waals surface area contributed by atoms with E-state index in [2.05, 4.69) is 19.4 Å². The molecular weight excluding hydrogens is 396 g/mol. The van der Waals surface area contributed by atoms with E-state index in [4.69, 9.17) is 10.8 Å². The number of esters is 2. The van der Waals surface area contributed by atoms with E-state index in [1.807, 2.05) is 19.1 Å². The Morgan fingerprint density at radius 1 is 1.07 bits per heavy atom. The molecule has 11 nitrogen and oxygen atoms in total. The summed E-state index contributed by atoms with van der Waals surface area (Å²) < 4.78 is 10.2. The van der Waals surface area contributed by atoms with Crippen molar-refractivity contribution in [3.63, 3.8) is 0 Å². The standard InChI is InChI=1S/C10H13NO2.C9H7N3O5/c1-7(11)8-3-5-9(6-4-8)10(12)13-2;1-17-8(16)5-2-4(7(14)15)10-9-11-6(13)3-12(5)9/h3-7H,11H2,1-2H3;2-3,13H,1H3,(H,14,15)/t7-;/m1./s1. The average molecular weight is 416 g/mol. The minimum absolute atomic E-state index is 0.00769. The third kappa shape index (κ3) is 5.08. The van der Waals surface area contributed by atoms with E-state index in [0.717, 1.165) is 29.3 Å². The summed E-state index contributed by atoms with van der Waals surface area (Å²) in [6.45, 7) is 1.90. The minimum atomic E-state index is -1.31. The summed E-state index contributed by atoms with van der Waals surface area (Å²) >= 11 is 0. The van der Waals surface area contributed by atoms with Gasteiger partial charge in [-0.1, -0.05) is 12.1 Å². The van der Waals surface area contributed by atoms with Crippen LogP contribution in [-0.2, 0) is 9.47 Å². The monoisotopic (exact) mass is 416 g/mol. The van der Waals surface area contributed by atoms with Crippen molar-refractivity contribution in [1.29, 1.82) is 0 Å². The largest absolute Gasteiger partial charge is 0.492 e. The minimum Gasteiger partial charge on any atom is -0.492 e. The molecule has 0 bridgehead atoms. The maximum atomic E-state index is 11.4. The van der Waals surface area contributed by atoms with Crippen molar-refractivity contribution in [1.82, 2.24) is 14.4 Å². The fraction of sp³-hybridized carbons (Fsp3) is 0.211. The lowest BCUT2D eigenvalue weighted by molar-refractivity contribution is 0.0586. The Morgan fingerprint density at radius 2 is 1.67 bits per heavy atom. The Kier molecular flexibility index (Phi) is 7.04. The van der Waals surface area contributed by atoms with Gasteiger partial charge in [0.05, 0.1) is 26.0 Å². The Morgan fingerprint density at radius 3 is 2.17 bits per heavy atom. The smallest absolute Gasteiger partial charge is 0.355 e. The van der Waals surface area contributed by atoms with Crippen molar-refractivity contribution in [2.75, 3.05) is 14.2 Å². The van der Waals surface area contributed by atoms with Crippen LogP contribution in [0.1, 0.15) is 49.9 Å². The van der Waals surface area contributed by atoms with Gasteiger partial charge in [0.1, 0.15) is 5.69 Å². The number of methoxy groups -OCH3 is 2. The number of aromatic carboxylic acids is 1. The quantitative estimate of drug-likeness (QED) is 0.529. The lowest BCUT2D eigenvalue weighted by Crippen LogP contribution is -2.12. The van der Waals surface area contributed by atoms with Gasteiger partial charge in [0.25, 0.3) is 0 Å². The van der Waals surface area contributed by atoms with Crippen LogP contribution in [0.3, 0.4) is 0 Å². The number of nitrogens with two attached hydrogens (primary N) is 1. The van der Waals surface area contributed by atoms with Crippen LogP contribution in [0.2, 0.25) is 0 Å². The number of ether oxygens (including phenoxy) is 2. The van der Waals surface area contributed by atoms with Gasteiger partial charge >= 0.3 is 17.9 Å². The van der Waals surface area contributed by atoms with Crippen molar-refractivity contribution >= 4 is 23.7 Å². The van der Waals surface area contributed by atoms with Crippen LogP contribution in [0.4, 0.5) is 0 Å². The van der Waals surface area contributed by atoms with Gasteiger partial charge in [-0.3, -0.25) is 4.40 Å². The second-order valence-electron chi connectivity index (χ2n) is 5.99. The maximum Gasteiger partial charge on any atom is 0.355 e. The molecule has 158 valence electrons. The summed E-state index contributed by atoms with van der Waals surface area (Å²) in [5.41, 5.74) is 6.77. The molecule has 3 rings (SSSR count). The van der Waals surface area contributed by atoms with E-state index in [9.17, 15) is 19.5 Å². The van der Waals surface area contributed by atoms with Crippen molar-refractivity contribution in [3.8, 4) is 5.88 Å². The van der Waals surface area contributed by atoms with Gasteiger partial charge < -0.3 is 25.4 Å². The molecule has 0 aliphatic heterocycles. The van der Waals surface area contributed by atoms with E-state index in [1.165, 1.54) is 7.11 Å². The lowest BCUT2D eigenvalue weighted by atomic mass is 10.1. The summed E-state index contributed by atoms with van der Waals surface area (Å²) in [5.74, 6) is -2.85. The van der Waals surface area contributed by atoms with Gasteiger partial charge in [-0.05, 0) is 24.6 Å². The number of aromatic hydroxyl groups is 1. The highest BCUT2D eigenvalue weighted by molar-refractivity contribution is 5.93. The molecule has 0 saturated heterocycles. The molecule has 0 aliphatic carbocycles. The van der Waals surface area contributed by atoms with Gasteiger partial charge in [-0.25, -0.2) is 19.4 Å². The molecule has 1 aromatic carbocycles. The number of carboxylic acids is 1. The topological polar surface area (TPSA) is 166 Å². The van der Waals surface area contributed by atoms with Crippen LogP contribution >= 0.6 is 0 Å². The summed E-state index contributed by atoms with van der Waals surface area (Å²) in [4.78, 5) is 40.5. The van der Waals surface area contributed by atoms with Crippen LogP contribution < -0.4 is 5.73 Å². The Balaban J connectivity index is 0.000000222. The van der Waals surface area contributed by atoms with Crippen LogP contribution in [0.5, 0.6) is 5.88 Å². The molecule has 2 heterocycles. The molecule has 2 aromatic heterocycles. The second-order valence-corrected chi connectivity index (χ2v) is 5.99. The number of aromatic nitrogens is 3. The van der Waals surface area contributed by atoms with Gasteiger partial charge in [0.15, 0.2) is 5.69 Å². The first kappa shape index (κ1) is 22.3. The molecule has 0 fully saturated rings. The van der Waals surface area contributed by atoms with Crippen LogP contribution in [-0.4, -0.2) is 56.7 Å². The molecule has 0 amide bonds. The number of nitrogens with zero attached hydrogens (tertiary/aromatic N) is 3. The Bertz CT molecular complexity index is 1070. The molecule has 30 heavy (non-hydrogen) atoms. The molecular formula is C19H20N4O7. The summed E-state index contributed by atoms with van der Waals surface area (Å²) in [5, 5.41) is 18.0. The van der Waals surface area contributed by atoms with E-state index in [-0.39, 0.29) is 35.1 Å². The first-order valence-corrected chi connectivity index (χ1v) is 8.52. The number of rotatable bonds is 4. The summed E-state index contributed by atoms with van der Waals surface area (Å²) in [6.07, 6.45) is 1.14. The number of carbonyl (C=O) groups excluding carboxylic acids is 2. The highest BCUT2D eigenvalue weighted by Gasteiger charge is 2.18. The zero-order valence-corrected chi connectivity index (χ0v) is 16.4. The molecule has 11 heteroatoms. The number of carboxylic acid groups (broad SMARTS) is 1. The third-order valence-corrected chi connectivity index (χ3v) is 3.90. The Labute approximate surface area is 170 Å². The summed E-state index contributed by atoms with van der Waals surface area (Å²) in [6, 6.07) is 8.12. The molecule has 0 unspecified atom stereocenters. The van der Waals surface area contributed by atoms with Crippen molar-refractivity contribution < 1.29 is 34.1 Å². The SMILES string of the molecule is COC(=O)c1cc(C(=O)O)nc2nc(O)cn12.COC(=O)c1ccc([C@@H](C)N)cc1. The number of benzene rings is 1. The zero-order chi connectivity index (χ0) is 22.4. The highest BCUT2D eigenvalue weighted by Crippen LogP contribution is 2.14. The predicted molar refractivity (Wildman–Crippen MR) is 103 cm³/mol.